The molecule has 1 aromatic carbocycles. The second-order valence-electron chi connectivity index (χ2n) is 7.44. The maximum atomic E-state index is 11.2. The van der Waals surface area contributed by atoms with E-state index in [1.807, 2.05) is 18.2 Å². The minimum Gasteiger partial charge on any atom is -0.475 e. The first kappa shape index (κ1) is 23.7. The zero-order valence-corrected chi connectivity index (χ0v) is 16.4. The SMILES string of the molecule is O=C(/C=C/c1ccccc1N1CCC2(CCCNC2)CC1)NO.O=C(O)C(F)(F)F. The van der Waals surface area contributed by atoms with Crippen LogP contribution in [0, 0.1) is 5.41 Å². The molecular weight excluding hydrogens is 403 g/mol. The first-order valence-corrected chi connectivity index (χ1v) is 9.64. The van der Waals surface area contributed by atoms with Crippen LogP contribution in [-0.2, 0) is 9.59 Å². The average Bonchev–Trinajstić information content (AvgIpc) is 2.73. The van der Waals surface area contributed by atoms with Crippen molar-refractivity contribution in [2.75, 3.05) is 31.1 Å². The molecule has 2 aliphatic rings. The Balaban J connectivity index is 0.000000396. The van der Waals surface area contributed by atoms with Crippen LogP contribution in [-0.4, -0.2) is 54.5 Å². The zero-order valence-electron chi connectivity index (χ0n) is 16.4. The van der Waals surface area contributed by atoms with Crippen molar-refractivity contribution < 1.29 is 33.1 Å². The molecule has 2 fully saturated rings. The van der Waals surface area contributed by atoms with Crippen LogP contribution in [0.3, 0.4) is 0 Å². The summed E-state index contributed by atoms with van der Waals surface area (Å²) >= 11 is 0. The fourth-order valence-corrected chi connectivity index (χ4v) is 3.80. The van der Waals surface area contributed by atoms with Crippen LogP contribution < -0.4 is 15.7 Å². The predicted octanol–water partition coefficient (Wildman–Crippen LogP) is 2.81. The predicted molar refractivity (Wildman–Crippen MR) is 105 cm³/mol. The molecule has 2 saturated heterocycles. The third-order valence-electron chi connectivity index (χ3n) is 5.43. The summed E-state index contributed by atoms with van der Waals surface area (Å²) in [7, 11) is 0. The van der Waals surface area contributed by atoms with Gasteiger partial charge < -0.3 is 15.3 Å². The number of carbonyl (C=O) groups is 2. The van der Waals surface area contributed by atoms with Gasteiger partial charge in [-0.2, -0.15) is 13.2 Å². The Bertz CT molecular complexity index is 752. The molecule has 10 heteroatoms. The Kier molecular flexibility index (Phi) is 8.24. The van der Waals surface area contributed by atoms with E-state index in [0.717, 1.165) is 37.4 Å². The average molecular weight is 429 g/mol. The molecule has 7 nitrogen and oxygen atoms in total. The van der Waals surface area contributed by atoms with E-state index >= 15 is 0 Å². The molecule has 0 unspecified atom stereocenters. The van der Waals surface area contributed by atoms with Gasteiger partial charge in [-0.15, -0.1) is 0 Å². The Morgan fingerprint density at radius 3 is 2.33 bits per heavy atom. The van der Waals surface area contributed by atoms with Crippen LogP contribution in [0.5, 0.6) is 0 Å². The van der Waals surface area contributed by atoms with Gasteiger partial charge >= 0.3 is 12.1 Å². The summed E-state index contributed by atoms with van der Waals surface area (Å²) in [6.45, 7) is 4.42. The van der Waals surface area contributed by atoms with Gasteiger partial charge in [0.15, 0.2) is 0 Å². The van der Waals surface area contributed by atoms with E-state index in [1.165, 1.54) is 31.8 Å². The van der Waals surface area contributed by atoms with Crippen molar-refractivity contribution in [3.63, 3.8) is 0 Å². The number of piperidine rings is 2. The summed E-state index contributed by atoms with van der Waals surface area (Å²) in [6, 6.07) is 8.11. The van der Waals surface area contributed by atoms with Crippen LogP contribution in [0.15, 0.2) is 30.3 Å². The lowest BCUT2D eigenvalue weighted by atomic mass is 9.73. The second kappa shape index (κ2) is 10.4. The number of halogens is 3. The summed E-state index contributed by atoms with van der Waals surface area (Å²) in [4.78, 5) is 22.5. The van der Waals surface area contributed by atoms with E-state index < -0.39 is 18.1 Å². The number of anilines is 1. The lowest BCUT2D eigenvalue weighted by Crippen LogP contribution is -2.48. The van der Waals surface area contributed by atoms with Crippen LogP contribution >= 0.6 is 0 Å². The van der Waals surface area contributed by atoms with Gasteiger partial charge in [-0.3, -0.25) is 10.0 Å². The van der Waals surface area contributed by atoms with E-state index in [-0.39, 0.29) is 0 Å². The first-order chi connectivity index (χ1) is 14.2. The molecule has 1 aromatic rings. The highest BCUT2D eigenvalue weighted by Gasteiger charge is 2.38. The van der Waals surface area contributed by atoms with Crippen LogP contribution in [0.4, 0.5) is 18.9 Å². The fraction of sp³-hybridized carbons (Fsp3) is 0.500. The minimum absolute atomic E-state index is 0.482. The number of carboxylic acids is 1. The topological polar surface area (TPSA) is 102 Å². The largest absolute Gasteiger partial charge is 0.490 e. The first-order valence-electron chi connectivity index (χ1n) is 9.64. The molecule has 4 N–H and O–H groups in total. The lowest BCUT2D eigenvalue weighted by molar-refractivity contribution is -0.192. The molecule has 1 amide bonds. The summed E-state index contributed by atoms with van der Waals surface area (Å²) in [5, 5.41) is 19.3. The minimum atomic E-state index is -5.08. The fourth-order valence-electron chi connectivity index (χ4n) is 3.80. The third-order valence-corrected chi connectivity index (χ3v) is 5.43. The summed E-state index contributed by atoms with van der Waals surface area (Å²) in [6.07, 6.45) is 3.09. The standard InChI is InChI=1S/C18H25N3O2.C2HF3O2/c22-17(20-23)7-6-15-4-1-2-5-16(15)21-12-9-18(10-13-21)8-3-11-19-14-18;3-2(4,5)1(6)7/h1-2,4-7,19,23H,3,8-14H2,(H,20,22);(H,6,7)/b7-6+;. The molecule has 0 aliphatic carbocycles. The number of carbonyl (C=O) groups excluding carboxylic acids is 1. The van der Waals surface area contributed by atoms with Gasteiger partial charge in [0, 0.05) is 31.4 Å². The maximum Gasteiger partial charge on any atom is 0.490 e. The second-order valence-corrected chi connectivity index (χ2v) is 7.44. The van der Waals surface area contributed by atoms with E-state index in [4.69, 9.17) is 15.1 Å². The molecule has 3 rings (SSSR count). The number of hydrogen-bond acceptors (Lipinski definition) is 5. The number of aliphatic carboxylic acids is 1. The van der Waals surface area contributed by atoms with E-state index in [1.54, 1.807) is 11.6 Å². The Morgan fingerprint density at radius 1 is 1.17 bits per heavy atom. The quantitative estimate of drug-likeness (QED) is 0.335. The van der Waals surface area contributed by atoms with Crippen molar-refractivity contribution in [3.05, 3.63) is 35.9 Å². The number of nitrogens with one attached hydrogen (secondary N) is 2. The molecule has 0 radical (unpaired) electrons. The normalized spacial score (nSPS) is 18.6. The van der Waals surface area contributed by atoms with Crippen LogP contribution in [0.25, 0.3) is 6.08 Å². The monoisotopic (exact) mass is 429 g/mol. The molecular formula is C20H26F3N3O4. The van der Waals surface area contributed by atoms with Crippen LogP contribution in [0.1, 0.15) is 31.2 Å². The Labute approximate surface area is 172 Å². The molecule has 0 aromatic heterocycles. The molecule has 1 spiro atoms. The number of benzene rings is 1. The smallest absolute Gasteiger partial charge is 0.475 e. The highest BCUT2D eigenvalue weighted by molar-refractivity contribution is 5.91. The number of amides is 1. The summed E-state index contributed by atoms with van der Waals surface area (Å²) in [5.74, 6) is -3.27. The summed E-state index contributed by atoms with van der Waals surface area (Å²) < 4.78 is 31.7. The molecule has 0 saturated carbocycles. The highest BCUT2D eigenvalue weighted by atomic mass is 19.4. The Morgan fingerprint density at radius 2 is 1.80 bits per heavy atom. The number of nitrogens with zero attached hydrogens (tertiary/aromatic N) is 1. The van der Waals surface area contributed by atoms with Gasteiger partial charge in [0.1, 0.15) is 0 Å². The molecule has 0 atom stereocenters. The van der Waals surface area contributed by atoms with Crippen molar-refractivity contribution in [1.29, 1.82) is 0 Å². The van der Waals surface area contributed by atoms with Gasteiger partial charge in [0.2, 0.25) is 0 Å². The van der Waals surface area contributed by atoms with Gasteiger partial charge in [-0.25, -0.2) is 10.3 Å². The maximum absolute atomic E-state index is 11.2. The Hall–Kier alpha value is -2.59. The number of para-hydroxylation sites is 1. The highest BCUT2D eigenvalue weighted by Crippen LogP contribution is 2.39. The number of hydroxylamine groups is 1. The lowest BCUT2D eigenvalue weighted by Gasteiger charge is -2.45. The molecule has 0 bridgehead atoms. The van der Waals surface area contributed by atoms with Crippen molar-refractivity contribution >= 4 is 23.6 Å². The van der Waals surface area contributed by atoms with Crippen LogP contribution in [0.2, 0.25) is 0 Å². The molecule has 2 aliphatic heterocycles. The van der Waals surface area contributed by atoms with Crippen molar-refractivity contribution in [1.82, 2.24) is 10.8 Å². The number of rotatable bonds is 3. The van der Waals surface area contributed by atoms with E-state index in [0.29, 0.717) is 5.41 Å². The van der Waals surface area contributed by atoms with E-state index in [2.05, 4.69) is 16.3 Å². The molecule has 166 valence electrons. The van der Waals surface area contributed by atoms with Gasteiger partial charge in [0.05, 0.1) is 0 Å². The zero-order chi connectivity index (χ0) is 22.2. The molecule has 30 heavy (non-hydrogen) atoms. The molecule has 2 heterocycles. The van der Waals surface area contributed by atoms with Gasteiger partial charge in [-0.1, -0.05) is 18.2 Å². The van der Waals surface area contributed by atoms with Gasteiger partial charge in [-0.05, 0) is 55.3 Å². The van der Waals surface area contributed by atoms with Crippen molar-refractivity contribution in [2.45, 2.75) is 31.9 Å². The van der Waals surface area contributed by atoms with Gasteiger partial charge in [0.25, 0.3) is 5.91 Å². The third kappa shape index (κ3) is 6.74. The summed E-state index contributed by atoms with van der Waals surface area (Å²) in [5.41, 5.74) is 4.28. The number of hydrogen-bond donors (Lipinski definition) is 4. The van der Waals surface area contributed by atoms with E-state index in [9.17, 15) is 18.0 Å². The number of carboxylic acid groups (broad SMARTS) is 1. The van der Waals surface area contributed by atoms with Crippen molar-refractivity contribution in [3.8, 4) is 0 Å². The number of alkyl halides is 3. The van der Waals surface area contributed by atoms with Crippen molar-refractivity contribution in [2.24, 2.45) is 5.41 Å².